The molecule has 0 aliphatic heterocycles. The zero-order chi connectivity index (χ0) is 13.8. The van der Waals surface area contributed by atoms with Crippen molar-refractivity contribution in [2.45, 2.75) is 15.8 Å². The number of benzene rings is 1. The zero-order valence-electron chi connectivity index (χ0n) is 11.0. The summed E-state index contributed by atoms with van der Waals surface area (Å²) in [5, 5.41) is 13.1. The Bertz CT molecular complexity index is 556. The van der Waals surface area contributed by atoms with Gasteiger partial charge in [0, 0.05) is 25.5 Å². The number of hydrogen-bond acceptors (Lipinski definition) is 6. The molecule has 1 aromatic carbocycles. The van der Waals surface area contributed by atoms with Crippen LogP contribution in [0.5, 0.6) is 0 Å². The average molecular weight is 315 g/mol. The predicted octanol–water partition coefficient (Wildman–Crippen LogP) is 3.13. The van der Waals surface area contributed by atoms with Crippen molar-refractivity contribution in [3.8, 4) is 0 Å². The van der Waals surface area contributed by atoms with E-state index >= 15 is 0 Å². The molecule has 0 saturated carbocycles. The molecule has 0 bridgehead atoms. The minimum Gasteiger partial charge on any atom is -0.353 e. The first-order chi connectivity index (χ1) is 9.11. The van der Waals surface area contributed by atoms with Crippen LogP contribution in [0.2, 0.25) is 5.02 Å². The number of halogens is 1. The topological polar surface area (TPSA) is 41.1 Å². The SMILES string of the molecule is CNCc1cccc(Cl)c1Sc1nnc(N(C)C)s1. The van der Waals surface area contributed by atoms with Crippen molar-refractivity contribution in [2.75, 3.05) is 26.0 Å². The van der Waals surface area contributed by atoms with Gasteiger partial charge in [0.25, 0.3) is 0 Å². The summed E-state index contributed by atoms with van der Waals surface area (Å²) >= 11 is 9.41. The first-order valence-corrected chi connectivity index (χ1v) is 7.73. The molecule has 19 heavy (non-hydrogen) atoms. The smallest absolute Gasteiger partial charge is 0.208 e. The molecule has 2 rings (SSSR count). The van der Waals surface area contributed by atoms with Gasteiger partial charge in [-0.3, -0.25) is 0 Å². The van der Waals surface area contributed by atoms with E-state index in [1.807, 2.05) is 38.2 Å². The summed E-state index contributed by atoms with van der Waals surface area (Å²) in [5.74, 6) is 0. The molecular formula is C12H15ClN4S2. The van der Waals surface area contributed by atoms with E-state index in [2.05, 4.69) is 21.6 Å². The Hall–Kier alpha value is -0.820. The molecule has 102 valence electrons. The average Bonchev–Trinajstić information content (AvgIpc) is 2.82. The lowest BCUT2D eigenvalue weighted by molar-refractivity contribution is 0.803. The first kappa shape index (κ1) is 14.6. The number of rotatable bonds is 5. The molecule has 0 atom stereocenters. The molecule has 0 spiro atoms. The van der Waals surface area contributed by atoms with Gasteiger partial charge in [-0.05, 0) is 18.7 Å². The summed E-state index contributed by atoms with van der Waals surface area (Å²) in [6.07, 6.45) is 0. The van der Waals surface area contributed by atoms with E-state index in [0.29, 0.717) is 0 Å². The van der Waals surface area contributed by atoms with Gasteiger partial charge < -0.3 is 10.2 Å². The van der Waals surface area contributed by atoms with Crippen LogP contribution in [-0.2, 0) is 6.54 Å². The van der Waals surface area contributed by atoms with Crippen molar-refractivity contribution in [3.05, 3.63) is 28.8 Å². The van der Waals surface area contributed by atoms with Gasteiger partial charge in [-0.2, -0.15) is 0 Å². The summed E-state index contributed by atoms with van der Waals surface area (Å²) < 4.78 is 0.897. The van der Waals surface area contributed by atoms with Gasteiger partial charge in [0.1, 0.15) is 0 Å². The molecule has 1 aromatic heterocycles. The second-order valence-electron chi connectivity index (χ2n) is 4.11. The zero-order valence-corrected chi connectivity index (χ0v) is 13.4. The van der Waals surface area contributed by atoms with Crippen LogP contribution >= 0.6 is 34.7 Å². The molecular weight excluding hydrogens is 300 g/mol. The fourth-order valence-corrected chi connectivity index (χ4v) is 3.65. The molecule has 2 aromatic rings. The minimum atomic E-state index is 0.749. The molecule has 0 unspecified atom stereocenters. The van der Waals surface area contributed by atoms with E-state index in [1.54, 1.807) is 23.1 Å². The molecule has 0 fully saturated rings. The highest BCUT2D eigenvalue weighted by Gasteiger charge is 2.12. The third-order valence-corrected chi connectivity index (χ3v) is 5.14. The van der Waals surface area contributed by atoms with Crippen molar-refractivity contribution >= 4 is 39.8 Å². The molecule has 0 aliphatic rings. The Kier molecular flexibility index (Phi) is 5.04. The van der Waals surface area contributed by atoms with Crippen LogP contribution in [0, 0.1) is 0 Å². The van der Waals surface area contributed by atoms with Gasteiger partial charge in [-0.15, -0.1) is 10.2 Å². The Morgan fingerprint density at radius 2 is 2.16 bits per heavy atom. The maximum atomic E-state index is 6.28. The highest BCUT2D eigenvalue weighted by Crippen LogP contribution is 2.38. The molecule has 1 N–H and O–H groups in total. The quantitative estimate of drug-likeness (QED) is 0.918. The summed E-state index contributed by atoms with van der Waals surface area (Å²) in [6, 6.07) is 5.93. The van der Waals surface area contributed by atoms with E-state index in [-0.39, 0.29) is 0 Å². The maximum Gasteiger partial charge on any atom is 0.208 e. The van der Waals surface area contributed by atoms with Crippen molar-refractivity contribution < 1.29 is 0 Å². The Morgan fingerprint density at radius 3 is 2.79 bits per heavy atom. The van der Waals surface area contributed by atoms with Gasteiger partial charge in [-0.1, -0.05) is 46.8 Å². The lowest BCUT2D eigenvalue weighted by atomic mass is 10.2. The van der Waals surface area contributed by atoms with Gasteiger partial charge in [0.05, 0.1) is 5.02 Å². The van der Waals surface area contributed by atoms with Crippen LogP contribution in [0.25, 0.3) is 0 Å². The van der Waals surface area contributed by atoms with Crippen molar-refractivity contribution in [2.24, 2.45) is 0 Å². The first-order valence-electron chi connectivity index (χ1n) is 5.72. The van der Waals surface area contributed by atoms with Crippen LogP contribution in [0.1, 0.15) is 5.56 Å². The molecule has 0 aliphatic carbocycles. The Balaban J connectivity index is 2.26. The van der Waals surface area contributed by atoms with Crippen LogP contribution in [0.4, 0.5) is 5.13 Å². The Morgan fingerprint density at radius 1 is 1.37 bits per heavy atom. The van der Waals surface area contributed by atoms with Crippen molar-refractivity contribution in [3.63, 3.8) is 0 Å². The largest absolute Gasteiger partial charge is 0.353 e. The normalized spacial score (nSPS) is 10.7. The molecule has 4 nitrogen and oxygen atoms in total. The molecule has 0 radical (unpaired) electrons. The molecule has 0 amide bonds. The number of nitrogens with zero attached hydrogens (tertiary/aromatic N) is 3. The second kappa shape index (κ2) is 6.56. The highest BCUT2D eigenvalue weighted by atomic mass is 35.5. The third kappa shape index (κ3) is 3.60. The van der Waals surface area contributed by atoms with Gasteiger partial charge in [0.2, 0.25) is 5.13 Å². The molecule has 1 heterocycles. The van der Waals surface area contributed by atoms with E-state index < -0.39 is 0 Å². The predicted molar refractivity (Wildman–Crippen MR) is 82.6 cm³/mol. The second-order valence-corrected chi connectivity index (χ2v) is 6.73. The van der Waals surface area contributed by atoms with E-state index in [4.69, 9.17) is 11.6 Å². The summed E-state index contributed by atoms with van der Waals surface area (Å²) in [5.41, 5.74) is 1.17. The lowest BCUT2D eigenvalue weighted by Crippen LogP contribution is -2.07. The Labute approximate surface area is 126 Å². The van der Waals surface area contributed by atoms with Gasteiger partial charge >= 0.3 is 0 Å². The van der Waals surface area contributed by atoms with Crippen molar-refractivity contribution in [1.82, 2.24) is 15.5 Å². The standard InChI is InChI=1S/C12H15ClN4S2/c1-14-7-8-5-4-6-9(13)10(8)18-12-16-15-11(19-12)17(2)3/h4-6,14H,7H2,1-3H3. The highest BCUT2D eigenvalue weighted by molar-refractivity contribution is 8.01. The molecule has 7 heteroatoms. The summed E-state index contributed by atoms with van der Waals surface area (Å²) in [4.78, 5) is 2.99. The summed E-state index contributed by atoms with van der Waals surface area (Å²) in [6.45, 7) is 0.780. The summed E-state index contributed by atoms with van der Waals surface area (Å²) in [7, 11) is 5.83. The number of nitrogens with one attached hydrogen (secondary N) is 1. The third-order valence-electron chi connectivity index (χ3n) is 2.38. The maximum absolute atomic E-state index is 6.28. The van der Waals surface area contributed by atoms with Gasteiger partial charge in [-0.25, -0.2) is 0 Å². The van der Waals surface area contributed by atoms with Crippen LogP contribution < -0.4 is 10.2 Å². The van der Waals surface area contributed by atoms with Crippen molar-refractivity contribution in [1.29, 1.82) is 0 Å². The van der Waals surface area contributed by atoms with Crippen LogP contribution in [-0.4, -0.2) is 31.3 Å². The van der Waals surface area contributed by atoms with Gasteiger partial charge in [0.15, 0.2) is 4.34 Å². The number of hydrogen-bond donors (Lipinski definition) is 1. The number of aromatic nitrogens is 2. The van der Waals surface area contributed by atoms with E-state index in [0.717, 1.165) is 25.9 Å². The fourth-order valence-electron chi connectivity index (χ4n) is 1.51. The molecule has 0 saturated heterocycles. The van der Waals surface area contributed by atoms with Crippen LogP contribution in [0.3, 0.4) is 0 Å². The van der Waals surface area contributed by atoms with E-state index in [1.165, 1.54) is 5.56 Å². The monoisotopic (exact) mass is 314 g/mol. The number of anilines is 1. The van der Waals surface area contributed by atoms with Crippen LogP contribution in [0.15, 0.2) is 27.4 Å². The fraction of sp³-hybridized carbons (Fsp3) is 0.333. The van der Waals surface area contributed by atoms with E-state index in [9.17, 15) is 0 Å². The minimum absolute atomic E-state index is 0.749. The lowest BCUT2D eigenvalue weighted by Gasteiger charge is -2.08.